The van der Waals surface area contributed by atoms with Crippen molar-refractivity contribution in [2.75, 3.05) is 0 Å². The first kappa shape index (κ1) is 9.59. The van der Waals surface area contributed by atoms with E-state index in [1.807, 2.05) is 24.3 Å². The van der Waals surface area contributed by atoms with E-state index < -0.39 is 0 Å². The first-order valence-electron chi connectivity index (χ1n) is 4.05. The topological polar surface area (TPSA) is 51.6 Å². The van der Waals surface area contributed by atoms with Crippen LogP contribution in [-0.4, -0.2) is 20.4 Å². The monoisotopic (exact) mass is 382 g/mol. The number of rotatable bonds is 1. The standard InChI is InChI=1S/C9H7AtN4/c1-6-11-13-9(14-12-6)7-2-4-8(10)5-3-7/h2-5H,1H3/i10+1. The Hall–Kier alpha value is -0.957. The minimum atomic E-state index is 0.572. The van der Waals surface area contributed by atoms with Gasteiger partial charge in [-0.3, -0.25) is 0 Å². The van der Waals surface area contributed by atoms with Crippen molar-refractivity contribution in [3.63, 3.8) is 0 Å². The van der Waals surface area contributed by atoms with Gasteiger partial charge in [0.1, 0.15) is 0 Å². The molecule has 0 amide bonds. The Morgan fingerprint density at radius 1 is 0.929 bits per heavy atom. The molecule has 0 unspecified atom stereocenters. The zero-order valence-corrected chi connectivity index (χ0v) is 10.4. The van der Waals surface area contributed by atoms with Gasteiger partial charge in [0.2, 0.25) is 0 Å². The number of nitrogens with zero attached hydrogens (tertiary/aromatic N) is 4. The van der Waals surface area contributed by atoms with Crippen molar-refractivity contribution in [2.45, 2.75) is 6.92 Å². The second-order valence-corrected chi connectivity index (χ2v) is 4.47. The fraction of sp³-hybridized carbons (Fsp3) is 0.111. The third-order valence-corrected chi connectivity index (χ3v) is 2.66. The van der Waals surface area contributed by atoms with E-state index in [9.17, 15) is 0 Å². The molecule has 2 aromatic rings. The van der Waals surface area contributed by atoms with Crippen LogP contribution in [0.1, 0.15) is 5.82 Å². The molecule has 2 rings (SSSR count). The number of aryl methyl sites for hydroxylation is 1. The molecule has 14 heavy (non-hydrogen) atoms. The minimum absolute atomic E-state index is 0.572. The average molecular weight is 382 g/mol. The molecule has 0 saturated carbocycles. The summed E-state index contributed by atoms with van der Waals surface area (Å²) in [7, 11) is 0. The van der Waals surface area contributed by atoms with Crippen molar-refractivity contribution >= 4 is 3.27 Å². The van der Waals surface area contributed by atoms with Crippen LogP contribution >= 0.6 is 0 Å². The van der Waals surface area contributed by atoms with Crippen LogP contribution in [-0.2, 0) is 0 Å². The van der Waals surface area contributed by atoms with Crippen molar-refractivity contribution in [3.05, 3.63) is 30.1 Å². The second-order valence-electron chi connectivity index (χ2n) is 2.78. The van der Waals surface area contributed by atoms with Gasteiger partial charge in [0.15, 0.2) is 0 Å². The zero-order valence-electron chi connectivity index (χ0n) is 7.48. The number of benzene rings is 1. The fourth-order valence-electron chi connectivity index (χ4n) is 0.994. The first-order chi connectivity index (χ1) is 6.75. The molecule has 0 aliphatic carbocycles. The van der Waals surface area contributed by atoms with Crippen LogP contribution in [0.2, 0.25) is 0 Å². The molecule has 0 N–H and O–H groups in total. The van der Waals surface area contributed by atoms with Crippen molar-refractivity contribution in [1.82, 2.24) is 20.4 Å². The number of hydrogen-bond donors (Lipinski definition) is 0. The van der Waals surface area contributed by atoms with Crippen LogP contribution in [0.3, 0.4) is 0 Å². The van der Waals surface area contributed by atoms with Gasteiger partial charge in [0, 0.05) is 0 Å². The van der Waals surface area contributed by atoms with E-state index in [-0.39, 0.29) is 0 Å². The molecule has 0 saturated heterocycles. The van der Waals surface area contributed by atoms with Gasteiger partial charge in [-0.1, -0.05) is 0 Å². The summed E-state index contributed by atoms with van der Waals surface area (Å²) in [5, 5.41) is 15.6. The van der Waals surface area contributed by atoms with Crippen molar-refractivity contribution in [2.24, 2.45) is 0 Å². The van der Waals surface area contributed by atoms with E-state index in [0.29, 0.717) is 11.6 Å². The van der Waals surface area contributed by atoms with E-state index in [2.05, 4.69) is 20.4 Å². The van der Waals surface area contributed by atoms with Gasteiger partial charge < -0.3 is 0 Å². The second kappa shape index (κ2) is 4.05. The Labute approximate surface area is 96.6 Å². The summed E-state index contributed by atoms with van der Waals surface area (Å²) < 4.78 is 1.27. The van der Waals surface area contributed by atoms with Gasteiger partial charge >= 0.3 is 96.8 Å². The Morgan fingerprint density at radius 2 is 1.50 bits per heavy atom. The van der Waals surface area contributed by atoms with Crippen LogP contribution in [0, 0.1) is 31.6 Å². The molecule has 0 aliphatic rings. The van der Waals surface area contributed by atoms with Crippen LogP contribution in [0.15, 0.2) is 24.3 Å². The number of hydrogen-bond acceptors (Lipinski definition) is 4. The van der Waals surface area contributed by atoms with Crippen molar-refractivity contribution in [1.29, 1.82) is 0 Å². The summed E-state index contributed by atoms with van der Waals surface area (Å²) >= 11 is 1.65. The molecular formula is C9H7AtN4. The van der Waals surface area contributed by atoms with Gasteiger partial charge in [-0.25, -0.2) is 0 Å². The summed E-state index contributed by atoms with van der Waals surface area (Å²) in [6.07, 6.45) is 0. The predicted molar refractivity (Wildman–Crippen MR) is 47.4 cm³/mol. The van der Waals surface area contributed by atoms with Crippen LogP contribution in [0.25, 0.3) is 11.4 Å². The summed E-state index contributed by atoms with van der Waals surface area (Å²) in [6, 6.07) is 8.03. The van der Waals surface area contributed by atoms with E-state index in [4.69, 9.17) is 0 Å². The zero-order chi connectivity index (χ0) is 9.97. The fourth-order valence-corrected chi connectivity index (χ4v) is 1.48. The quantitative estimate of drug-likeness (QED) is 0.718. The molecule has 1 heterocycles. The van der Waals surface area contributed by atoms with Gasteiger partial charge in [-0.05, 0) is 0 Å². The Kier molecular flexibility index (Phi) is 2.77. The Balaban J connectivity index is 2.40. The molecule has 0 aliphatic heterocycles. The molecule has 0 fully saturated rings. The molecular weight excluding hydrogens is 375 g/mol. The summed E-state index contributed by atoms with van der Waals surface area (Å²) in [5.41, 5.74) is 0.949. The van der Waals surface area contributed by atoms with E-state index in [0.717, 1.165) is 5.56 Å². The number of aromatic nitrogens is 4. The molecule has 4 nitrogen and oxygen atoms in total. The maximum absolute atomic E-state index is 3.96. The Morgan fingerprint density at radius 3 is 2.07 bits per heavy atom. The summed E-state index contributed by atoms with van der Waals surface area (Å²) in [5.74, 6) is 1.16. The normalized spacial score (nSPS) is 10.1. The molecule has 70 valence electrons. The molecule has 0 radical (unpaired) electrons. The third kappa shape index (κ3) is 2.10. The van der Waals surface area contributed by atoms with E-state index in [1.165, 1.54) is 3.27 Å². The SMILES string of the molecule is Cc1nnc(-c2ccc([211At])cc2)nn1. The molecule has 0 spiro atoms. The average Bonchev–Trinajstić information content (AvgIpc) is 2.21. The summed E-state index contributed by atoms with van der Waals surface area (Å²) in [6.45, 7) is 1.77. The van der Waals surface area contributed by atoms with Crippen LogP contribution in [0.4, 0.5) is 0 Å². The van der Waals surface area contributed by atoms with Gasteiger partial charge in [0.25, 0.3) is 0 Å². The molecule has 0 bridgehead atoms. The van der Waals surface area contributed by atoms with Crippen LogP contribution < -0.4 is 3.27 Å². The van der Waals surface area contributed by atoms with Crippen molar-refractivity contribution < 1.29 is 24.7 Å². The van der Waals surface area contributed by atoms with Gasteiger partial charge in [0.05, 0.1) is 0 Å². The predicted octanol–water partition coefficient (Wildman–Crippen LogP) is 0.417. The van der Waals surface area contributed by atoms with Gasteiger partial charge in [-0.2, -0.15) is 0 Å². The Bertz CT molecular complexity index is 380. The van der Waals surface area contributed by atoms with E-state index >= 15 is 0 Å². The molecule has 1 aromatic heterocycles. The molecule has 5 heteroatoms. The van der Waals surface area contributed by atoms with Gasteiger partial charge in [-0.15, -0.1) is 0 Å². The first-order valence-corrected chi connectivity index (χ1v) is 5.52. The molecule has 1 aromatic carbocycles. The van der Waals surface area contributed by atoms with E-state index in [1.54, 1.807) is 31.6 Å². The molecule has 0 atom stereocenters. The van der Waals surface area contributed by atoms with Crippen molar-refractivity contribution in [3.8, 4) is 11.4 Å². The third-order valence-electron chi connectivity index (χ3n) is 1.68. The maximum atomic E-state index is 3.96. The summed E-state index contributed by atoms with van der Waals surface area (Å²) in [4.78, 5) is 0. The van der Waals surface area contributed by atoms with Crippen LogP contribution in [0.5, 0.6) is 0 Å².